The van der Waals surface area contributed by atoms with E-state index in [9.17, 15) is 14.0 Å². The molecule has 0 aliphatic heterocycles. The van der Waals surface area contributed by atoms with Gasteiger partial charge in [0, 0.05) is 11.8 Å². The largest absolute Gasteiger partial charge is 0.294 e. The number of rotatable bonds is 3. The smallest absolute Gasteiger partial charge is 0.272 e. The zero-order valence-corrected chi connectivity index (χ0v) is 11.9. The summed E-state index contributed by atoms with van der Waals surface area (Å²) < 4.78 is 13.6. The summed E-state index contributed by atoms with van der Waals surface area (Å²) in [5, 5.41) is 7.85. The van der Waals surface area contributed by atoms with Gasteiger partial charge in [-0.15, -0.1) is 0 Å². The van der Waals surface area contributed by atoms with Gasteiger partial charge in [0.05, 0.1) is 16.6 Å². The highest BCUT2D eigenvalue weighted by Crippen LogP contribution is 2.18. The van der Waals surface area contributed by atoms with Crippen molar-refractivity contribution in [1.82, 2.24) is 10.2 Å². The van der Waals surface area contributed by atoms with Crippen LogP contribution in [0.2, 0.25) is 0 Å². The number of nitrogens with zero attached hydrogens (tertiary/aromatic N) is 1. The summed E-state index contributed by atoms with van der Waals surface area (Å²) in [5.74, 6) is -0.853. The number of carbonyl (C=O) groups is 1. The number of ketones is 1. The van der Waals surface area contributed by atoms with Crippen molar-refractivity contribution in [3.63, 3.8) is 0 Å². The van der Waals surface area contributed by atoms with E-state index in [2.05, 4.69) is 10.2 Å². The van der Waals surface area contributed by atoms with Gasteiger partial charge < -0.3 is 0 Å². The lowest BCUT2D eigenvalue weighted by Crippen LogP contribution is -2.11. The Balaban J connectivity index is 2.08. The molecule has 110 valence electrons. The molecule has 1 aromatic heterocycles. The fraction of sp³-hybridized carbons (Fsp3) is 0.118. The van der Waals surface area contributed by atoms with E-state index in [0.717, 1.165) is 10.9 Å². The lowest BCUT2D eigenvalue weighted by atomic mass is 10.0. The number of aromatic nitrogens is 2. The molecule has 2 aromatic carbocycles. The van der Waals surface area contributed by atoms with E-state index >= 15 is 0 Å². The zero-order valence-electron chi connectivity index (χ0n) is 11.9. The Morgan fingerprint density at radius 1 is 1.18 bits per heavy atom. The van der Waals surface area contributed by atoms with Gasteiger partial charge in [-0.2, -0.15) is 5.10 Å². The van der Waals surface area contributed by atoms with E-state index in [1.165, 1.54) is 19.1 Å². The van der Waals surface area contributed by atoms with E-state index in [-0.39, 0.29) is 16.9 Å². The molecule has 0 unspecified atom stereocenters. The van der Waals surface area contributed by atoms with E-state index in [1.54, 1.807) is 18.2 Å². The predicted octanol–water partition coefficient (Wildman–Crippen LogP) is 2.86. The maximum atomic E-state index is 13.6. The Morgan fingerprint density at radius 3 is 2.64 bits per heavy atom. The van der Waals surface area contributed by atoms with Gasteiger partial charge in [-0.05, 0) is 30.7 Å². The van der Waals surface area contributed by atoms with Gasteiger partial charge in [-0.25, -0.2) is 9.49 Å². The van der Waals surface area contributed by atoms with Crippen molar-refractivity contribution < 1.29 is 9.18 Å². The van der Waals surface area contributed by atoms with Gasteiger partial charge >= 0.3 is 0 Å². The molecule has 3 rings (SSSR count). The summed E-state index contributed by atoms with van der Waals surface area (Å²) in [4.78, 5) is 23.2. The van der Waals surface area contributed by atoms with Crippen LogP contribution in [0, 0.1) is 5.82 Å². The molecule has 0 amide bonds. The minimum Gasteiger partial charge on any atom is -0.294 e. The monoisotopic (exact) mass is 296 g/mol. The number of halogens is 1. The van der Waals surface area contributed by atoms with Gasteiger partial charge in [-0.1, -0.05) is 24.3 Å². The molecule has 0 fully saturated rings. The summed E-state index contributed by atoms with van der Waals surface area (Å²) >= 11 is 0. The van der Waals surface area contributed by atoms with Gasteiger partial charge in [-0.3, -0.25) is 9.59 Å². The third kappa shape index (κ3) is 2.53. The van der Waals surface area contributed by atoms with Crippen molar-refractivity contribution in [2.45, 2.75) is 13.3 Å². The first-order valence-corrected chi connectivity index (χ1v) is 6.82. The molecule has 0 bridgehead atoms. The summed E-state index contributed by atoms with van der Waals surface area (Å²) in [6.07, 6.45) is 0.401. The van der Waals surface area contributed by atoms with Crippen LogP contribution in [-0.2, 0) is 6.42 Å². The first kappa shape index (κ1) is 14.1. The number of Topliss-reactive ketones (excluding diaryl/α,β-unsaturated/α-hetero) is 1. The van der Waals surface area contributed by atoms with E-state index in [0.29, 0.717) is 17.5 Å². The topological polar surface area (TPSA) is 62.8 Å². The molecule has 5 heteroatoms. The number of H-pyrrole nitrogens is 1. The predicted molar refractivity (Wildman–Crippen MR) is 81.6 cm³/mol. The van der Waals surface area contributed by atoms with Crippen molar-refractivity contribution in [3.05, 3.63) is 75.5 Å². The van der Waals surface area contributed by atoms with Crippen molar-refractivity contribution in [1.29, 1.82) is 0 Å². The second-order valence-corrected chi connectivity index (χ2v) is 5.09. The lowest BCUT2D eigenvalue weighted by molar-refractivity contribution is 0.101. The molecule has 0 spiro atoms. The summed E-state index contributed by atoms with van der Waals surface area (Å²) in [6.45, 7) is 1.33. The van der Waals surface area contributed by atoms with Crippen LogP contribution in [0.1, 0.15) is 28.5 Å². The van der Waals surface area contributed by atoms with Crippen LogP contribution in [0.4, 0.5) is 4.39 Å². The van der Waals surface area contributed by atoms with Crippen molar-refractivity contribution in [3.8, 4) is 0 Å². The second kappa shape index (κ2) is 5.52. The minimum absolute atomic E-state index is 0.0613. The van der Waals surface area contributed by atoms with Crippen LogP contribution in [0.25, 0.3) is 10.8 Å². The number of fused-ring (bicyclic) bond motifs is 1. The molecule has 0 radical (unpaired) electrons. The van der Waals surface area contributed by atoms with Crippen LogP contribution in [0.3, 0.4) is 0 Å². The number of hydrogen-bond acceptors (Lipinski definition) is 3. The summed E-state index contributed by atoms with van der Waals surface area (Å²) in [7, 11) is 0. The lowest BCUT2D eigenvalue weighted by Gasteiger charge is -2.07. The molecule has 4 nitrogen and oxygen atoms in total. The fourth-order valence-electron chi connectivity index (χ4n) is 2.45. The highest BCUT2D eigenvalue weighted by Gasteiger charge is 2.11. The molecule has 0 aliphatic rings. The van der Waals surface area contributed by atoms with Gasteiger partial charge in [0.2, 0.25) is 0 Å². The third-order valence-electron chi connectivity index (χ3n) is 3.56. The van der Waals surface area contributed by atoms with E-state index in [4.69, 9.17) is 0 Å². The molecule has 1 heterocycles. The van der Waals surface area contributed by atoms with Crippen molar-refractivity contribution in [2.24, 2.45) is 0 Å². The molecule has 0 aliphatic carbocycles. The van der Waals surface area contributed by atoms with E-state index < -0.39 is 5.82 Å². The van der Waals surface area contributed by atoms with Crippen LogP contribution < -0.4 is 5.56 Å². The Hall–Kier alpha value is -2.82. The molecule has 0 atom stereocenters. The fourth-order valence-corrected chi connectivity index (χ4v) is 2.45. The summed E-state index contributed by atoms with van der Waals surface area (Å²) in [6, 6.07) is 11.6. The Labute approximate surface area is 125 Å². The molecule has 3 aromatic rings. The van der Waals surface area contributed by atoms with Crippen molar-refractivity contribution >= 4 is 16.6 Å². The minimum atomic E-state index is -0.532. The Bertz CT molecular complexity index is 931. The first-order valence-electron chi connectivity index (χ1n) is 6.82. The normalized spacial score (nSPS) is 10.8. The molecule has 0 saturated heterocycles. The van der Waals surface area contributed by atoms with E-state index in [1.807, 2.05) is 12.1 Å². The number of carbonyl (C=O) groups excluding carboxylic acids is 1. The molecular weight excluding hydrogens is 283 g/mol. The third-order valence-corrected chi connectivity index (χ3v) is 3.56. The number of hydrogen-bond donors (Lipinski definition) is 1. The Morgan fingerprint density at radius 2 is 1.91 bits per heavy atom. The molecule has 0 saturated carbocycles. The first-order chi connectivity index (χ1) is 10.6. The SMILES string of the molecule is CC(=O)c1cc(Cc2n[nH]c(=O)c3ccccc23)ccc1F. The van der Waals surface area contributed by atoms with Gasteiger partial charge in [0.1, 0.15) is 5.82 Å². The standard InChI is InChI=1S/C17H13FN2O2/c1-10(21)14-8-11(6-7-15(14)18)9-16-12-4-2-3-5-13(12)17(22)20-19-16/h2-8H,9H2,1H3,(H,20,22). The maximum absolute atomic E-state index is 13.6. The van der Waals surface area contributed by atoms with Crippen LogP contribution in [0.15, 0.2) is 47.3 Å². The second-order valence-electron chi connectivity index (χ2n) is 5.09. The molecular formula is C17H13FN2O2. The summed E-state index contributed by atoms with van der Waals surface area (Å²) in [5.41, 5.74) is 1.25. The highest BCUT2D eigenvalue weighted by molar-refractivity contribution is 5.94. The van der Waals surface area contributed by atoms with Crippen LogP contribution in [0.5, 0.6) is 0 Å². The Kier molecular flexibility index (Phi) is 3.55. The van der Waals surface area contributed by atoms with Gasteiger partial charge in [0.25, 0.3) is 5.56 Å². The average molecular weight is 296 g/mol. The van der Waals surface area contributed by atoms with Crippen molar-refractivity contribution in [2.75, 3.05) is 0 Å². The average Bonchev–Trinajstić information content (AvgIpc) is 2.52. The quantitative estimate of drug-likeness (QED) is 0.756. The highest BCUT2D eigenvalue weighted by atomic mass is 19.1. The number of nitrogens with one attached hydrogen (secondary N) is 1. The molecule has 1 N–H and O–H groups in total. The van der Waals surface area contributed by atoms with Crippen LogP contribution in [-0.4, -0.2) is 16.0 Å². The maximum Gasteiger partial charge on any atom is 0.272 e. The zero-order chi connectivity index (χ0) is 15.7. The van der Waals surface area contributed by atoms with Crippen LogP contribution >= 0.6 is 0 Å². The number of aromatic amines is 1. The van der Waals surface area contributed by atoms with Gasteiger partial charge in [0.15, 0.2) is 5.78 Å². The number of benzene rings is 2. The molecule has 22 heavy (non-hydrogen) atoms.